The van der Waals surface area contributed by atoms with Crippen molar-refractivity contribution < 1.29 is 9.84 Å². The number of rotatable bonds is 4. The minimum absolute atomic E-state index is 0.138. The highest BCUT2D eigenvalue weighted by molar-refractivity contribution is 4.89. The van der Waals surface area contributed by atoms with E-state index < -0.39 is 0 Å². The van der Waals surface area contributed by atoms with E-state index in [0.29, 0.717) is 13.1 Å². The molecule has 1 unspecified atom stereocenters. The largest absolute Gasteiger partial charge is 0.390 e. The van der Waals surface area contributed by atoms with Crippen LogP contribution in [0, 0.1) is 0 Å². The molecule has 1 heterocycles. The summed E-state index contributed by atoms with van der Waals surface area (Å²) in [5, 5.41) is 12.8. The Kier molecular flexibility index (Phi) is 4.35. The second-order valence-electron chi connectivity index (χ2n) is 6.00. The number of aliphatic hydroxyl groups excluding tert-OH is 1. The zero-order valence-corrected chi connectivity index (χ0v) is 11.2. The number of nitrogens with zero attached hydrogens (tertiary/aromatic N) is 1. The van der Waals surface area contributed by atoms with Gasteiger partial charge < -0.3 is 15.2 Å². The van der Waals surface area contributed by atoms with E-state index in [1.54, 1.807) is 0 Å². The Hall–Kier alpha value is -0.160. The fourth-order valence-corrected chi connectivity index (χ4v) is 2.67. The van der Waals surface area contributed by atoms with Crippen LogP contribution in [-0.2, 0) is 4.74 Å². The molecule has 0 bridgehead atoms. The molecule has 0 aromatic rings. The van der Waals surface area contributed by atoms with E-state index in [9.17, 15) is 5.11 Å². The van der Waals surface area contributed by atoms with E-state index in [4.69, 9.17) is 4.74 Å². The van der Waals surface area contributed by atoms with Crippen molar-refractivity contribution in [2.45, 2.75) is 45.0 Å². The molecule has 1 aliphatic rings. The lowest BCUT2D eigenvalue weighted by molar-refractivity contribution is -0.183. The molecule has 1 fully saturated rings. The maximum Gasteiger partial charge on any atom is 0.0791 e. The first-order valence-corrected chi connectivity index (χ1v) is 5.99. The normalized spacial score (nSPS) is 26.6. The Bertz CT molecular complexity index is 213. The molecule has 96 valence electrons. The third kappa shape index (κ3) is 4.37. The zero-order chi connectivity index (χ0) is 12.4. The second kappa shape index (κ2) is 5.00. The molecule has 0 aromatic carbocycles. The number of hydrogen-bond acceptors (Lipinski definition) is 4. The van der Waals surface area contributed by atoms with Gasteiger partial charge in [-0.25, -0.2) is 0 Å². The van der Waals surface area contributed by atoms with E-state index in [1.807, 2.05) is 7.05 Å². The van der Waals surface area contributed by atoms with Gasteiger partial charge in [0.25, 0.3) is 0 Å². The molecule has 4 nitrogen and oxygen atoms in total. The molecule has 0 amide bonds. The highest BCUT2D eigenvalue weighted by atomic mass is 16.5. The van der Waals surface area contributed by atoms with Gasteiger partial charge in [-0.05, 0) is 34.7 Å². The standard InChI is InChI=1S/C12H26N2O2/c1-11(2)8-14(7-10(15)6-13-5)9-12(3,4)16-11/h10,13,15H,6-9H2,1-5H3. The summed E-state index contributed by atoms with van der Waals surface area (Å²) in [5.74, 6) is 0. The Balaban J connectivity index is 2.54. The number of β-amino-alcohol motifs (C(OH)–C–C–N with tert-alkyl or cyclic N) is 1. The molecule has 0 aliphatic carbocycles. The molecule has 1 rings (SSSR count). The van der Waals surface area contributed by atoms with Gasteiger partial charge in [-0.1, -0.05) is 0 Å². The first-order valence-electron chi connectivity index (χ1n) is 5.99. The summed E-state index contributed by atoms with van der Waals surface area (Å²) in [6.45, 7) is 11.5. The zero-order valence-electron chi connectivity index (χ0n) is 11.2. The Morgan fingerprint density at radius 3 is 2.19 bits per heavy atom. The molecule has 1 saturated heterocycles. The van der Waals surface area contributed by atoms with Crippen molar-refractivity contribution in [2.24, 2.45) is 0 Å². The molecule has 16 heavy (non-hydrogen) atoms. The summed E-state index contributed by atoms with van der Waals surface area (Å²) >= 11 is 0. The van der Waals surface area contributed by atoms with Crippen LogP contribution < -0.4 is 5.32 Å². The molecule has 0 saturated carbocycles. The molecular weight excluding hydrogens is 204 g/mol. The van der Waals surface area contributed by atoms with Crippen LogP contribution >= 0.6 is 0 Å². The predicted molar refractivity (Wildman–Crippen MR) is 65.6 cm³/mol. The van der Waals surface area contributed by atoms with Crippen LogP contribution in [0.15, 0.2) is 0 Å². The maximum absolute atomic E-state index is 9.80. The molecule has 1 aliphatic heterocycles. The van der Waals surface area contributed by atoms with Gasteiger partial charge in [0.2, 0.25) is 0 Å². The van der Waals surface area contributed by atoms with Crippen LogP contribution in [0.1, 0.15) is 27.7 Å². The summed E-state index contributed by atoms with van der Waals surface area (Å²) < 4.78 is 5.99. The highest BCUT2D eigenvalue weighted by Gasteiger charge is 2.38. The van der Waals surface area contributed by atoms with Gasteiger partial charge in [0.05, 0.1) is 17.3 Å². The topological polar surface area (TPSA) is 44.7 Å². The molecule has 0 radical (unpaired) electrons. The van der Waals surface area contributed by atoms with Crippen LogP contribution in [0.4, 0.5) is 0 Å². The fraction of sp³-hybridized carbons (Fsp3) is 1.00. The summed E-state index contributed by atoms with van der Waals surface area (Å²) in [4.78, 5) is 2.28. The first kappa shape index (κ1) is 13.9. The van der Waals surface area contributed by atoms with Gasteiger partial charge in [0.1, 0.15) is 0 Å². The van der Waals surface area contributed by atoms with Crippen LogP contribution in [0.5, 0.6) is 0 Å². The van der Waals surface area contributed by atoms with Crippen LogP contribution in [0.2, 0.25) is 0 Å². The van der Waals surface area contributed by atoms with Gasteiger partial charge in [0, 0.05) is 26.2 Å². The minimum Gasteiger partial charge on any atom is -0.390 e. The Labute approximate surface area is 99.0 Å². The smallest absolute Gasteiger partial charge is 0.0791 e. The number of aliphatic hydroxyl groups is 1. The highest BCUT2D eigenvalue weighted by Crippen LogP contribution is 2.27. The quantitative estimate of drug-likeness (QED) is 0.736. The maximum atomic E-state index is 9.80. The average Bonchev–Trinajstić information content (AvgIpc) is 1.96. The molecule has 0 aromatic heterocycles. The second-order valence-corrected chi connectivity index (χ2v) is 6.00. The number of morpholine rings is 1. The monoisotopic (exact) mass is 230 g/mol. The van der Waals surface area contributed by atoms with Crippen molar-refractivity contribution in [1.82, 2.24) is 10.2 Å². The van der Waals surface area contributed by atoms with E-state index in [2.05, 4.69) is 37.9 Å². The average molecular weight is 230 g/mol. The Morgan fingerprint density at radius 2 is 1.75 bits per heavy atom. The number of ether oxygens (including phenoxy) is 1. The molecule has 4 heteroatoms. The van der Waals surface area contributed by atoms with Crippen molar-refractivity contribution in [2.75, 3.05) is 33.2 Å². The molecule has 0 spiro atoms. The van der Waals surface area contributed by atoms with Crippen LogP contribution in [-0.4, -0.2) is 60.5 Å². The number of nitrogens with one attached hydrogen (secondary N) is 1. The van der Waals surface area contributed by atoms with Gasteiger partial charge >= 0.3 is 0 Å². The summed E-state index contributed by atoms with van der Waals surface area (Å²) in [6.07, 6.45) is -0.310. The van der Waals surface area contributed by atoms with Crippen LogP contribution in [0.3, 0.4) is 0 Å². The molecule has 1 atom stereocenters. The van der Waals surface area contributed by atoms with Crippen molar-refractivity contribution in [3.63, 3.8) is 0 Å². The van der Waals surface area contributed by atoms with Gasteiger partial charge in [0.15, 0.2) is 0 Å². The number of likely N-dealkylation sites (N-methyl/N-ethyl adjacent to an activating group) is 1. The summed E-state index contributed by atoms with van der Waals surface area (Å²) in [6, 6.07) is 0. The Morgan fingerprint density at radius 1 is 1.25 bits per heavy atom. The fourth-order valence-electron chi connectivity index (χ4n) is 2.67. The molecule has 2 N–H and O–H groups in total. The van der Waals surface area contributed by atoms with E-state index in [1.165, 1.54) is 0 Å². The van der Waals surface area contributed by atoms with Gasteiger partial charge in [-0.15, -0.1) is 0 Å². The van der Waals surface area contributed by atoms with Gasteiger partial charge in [-0.2, -0.15) is 0 Å². The van der Waals surface area contributed by atoms with Gasteiger partial charge in [-0.3, -0.25) is 4.90 Å². The lowest BCUT2D eigenvalue weighted by Crippen LogP contribution is -2.58. The summed E-state index contributed by atoms with van der Waals surface area (Å²) in [7, 11) is 1.86. The predicted octanol–water partition coefficient (Wildman–Crippen LogP) is 0.456. The first-order chi connectivity index (χ1) is 7.24. The number of hydrogen-bond donors (Lipinski definition) is 2. The molecular formula is C12H26N2O2. The minimum atomic E-state index is -0.310. The van der Waals surface area contributed by atoms with E-state index >= 15 is 0 Å². The van der Waals surface area contributed by atoms with Crippen molar-refractivity contribution in [1.29, 1.82) is 0 Å². The van der Waals surface area contributed by atoms with E-state index in [-0.39, 0.29) is 17.3 Å². The van der Waals surface area contributed by atoms with E-state index in [0.717, 1.165) is 13.1 Å². The lowest BCUT2D eigenvalue weighted by Gasteiger charge is -2.47. The van der Waals surface area contributed by atoms with Crippen molar-refractivity contribution >= 4 is 0 Å². The lowest BCUT2D eigenvalue weighted by atomic mass is 9.98. The van der Waals surface area contributed by atoms with Crippen molar-refractivity contribution in [3.8, 4) is 0 Å². The van der Waals surface area contributed by atoms with Crippen molar-refractivity contribution in [3.05, 3.63) is 0 Å². The third-order valence-corrected chi connectivity index (χ3v) is 2.67. The SMILES string of the molecule is CNCC(O)CN1CC(C)(C)OC(C)(C)C1. The third-order valence-electron chi connectivity index (χ3n) is 2.67. The van der Waals surface area contributed by atoms with Crippen LogP contribution in [0.25, 0.3) is 0 Å². The summed E-state index contributed by atoms with van der Waals surface area (Å²) in [5.41, 5.74) is -0.276.